The molecule has 1 aliphatic heterocycles. The van der Waals surface area contributed by atoms with Crippen molar-refractivity contribution in [3.8, 4) is 0 Å². The summed E-state index contributed by atoms with van der Waals surface area (Å²) in [7, 11) is 0. The molecule has 0 aromatic heterocycles. The standard InChI is InChI=1S/C14H27N3O3/c1-4-20-14(19)17-7-5-11(6-8-17)16-13(18)12(15)9-10(2)3/h10-12H,4-9,15H2,1-3H3,(H,16,18)/t12-/m0/s1. The van der Waals surface area contributed by atoms with Crippen LogP contribution in [0.25, 0.3) is 0 Å². The summed E-state index contributed by atoms with van der Waals surface area (Å²) in [6.45, 7) is 7.50. The van der Waals surface area contributed by atoms with Crippen molar-refractivity contribution in [2.45, 2.75) is 52.1 Å². The zero-order valence-corrected chi connectivity index (χ0v) is 12.7. The van der Waals surface area contributed by atoms with Crippen LogP contribution in [0.1, 0.15) is 40.0 Å². The molecular weight excluding hydrogens is 258 g/mol. The molecule has 1 saturated heterocycles. The summed E-state index contributed by atoms with van der Waals surface area (Å²) in [6.07, 6.45) is 1.92. The summed E-state index contributed by atoms with van der Waals surface area (Å²) < 4.78 is 4.96. The lowest BCUT2D eigenvalue weighted by Crippen LogP contribution is -2.50. The van der Waals surface area contributed by atoms with Gasteiger partial charge in [-0.15, -0.1) is 0 Å². The number of nitrogens with zero attached hydrogens (tertiary/aromatic N) is 1. The number of hydrogen-bond acceptors (Lipinski definition) is 4. The van der Waals surface area contributed by atoms with E-state index in [4.69, 9.17) is 10.5 Å². The molecular formula is C14H27N3O3. The highest BCUT2D eigenvalue weighted by atomic mass is 16.6. The molecule has 0 spiro atoms. The molecule has 0 aromatic rings. The topological polar surface area (TPSA) is 84.7 Å². The van der Waals surface area contributed by atoms with E-state index in [9.17, 15) is 9.59 Å². The number of likely N-dealkylation sites (tertiary alicyclic amines) is 1. The number of carbonyl (C=O) groups is 2. The van der Waals surface area contributed by atoms with Gasteiger partial charge >= 0.3 is 6.09 Å². The van der Waals surface area contributed by atoms with Crippen LogP contribution in [0.3, 0.4) is 0 Å². The second-order valence-electron chi connectivity index (χ2n) is 5.70. The van der Waals surface area contributed by atoms with Gasteiger partial charge in [0.15, 0.2) is 0 Å². The third-order valence-electron chi connectivity index (χ3n) is 3.43. The average molecular weight is 285 g/mol. The fraction of sp³-hybridized carbons (Fsp3) is 0.857. The van der Waals surface area contributed by atoms with Crippen LogP contribution in [0, 0.1) is 5.92 Å². The molecule has 1 atom stereocenters. The minimum Gasteiger partial charge on any atom is -0.450 e. The van der Waals surface area contributed by atoms with Crippen LogP contribution in [-0.4, -0.2) is 48.7 Å². The lowest BCUT2D eigenvalue weighted by Gasteiger charge is -2.32. The number of ether oxygens (including phenoxy) is 1. The lowest BCUT2D eigenvalue weighted by atomic mass is 10.0. The van der Waals surface area contributed by atoms with Crippen molar-refractivity contribution in [2.24, 2.45) is 11.7 Å². The van der Waals surface area contributed by atoms with Crippen LogP contribution < -0.4 is 11.1 Å². The van der Waals surface area contributed by atoms with Gasteiger partial charge in [-0.3, -0.25) is 4.79 Å². The molecule has 0 saturated carbocycles. The van der Waals surface area contributed by atoms with Gasteiger partial charge in [0.25, 0.3) is 0 Å². The summed E-state index contributed by atoms with van der Waals surface area (Å²) in [5.41, 5.74) is 5.85. The van der Waals surface area contributed by atoms with Crippen molar-refractivity contribution in [3.63, 3.8) is 0 Å². The molecule has 0 aliphatic carbocycles. The van der Waals surface area contributed by atoms with Crippen molar-refractivity contribution in [1.29, 1.82) is 0 Å². The Morgan fingerprint density at radius 1 is 1.35 bits per heavy atom. The van der Waals surface area contributed by atoms with Crippen molar-refractivity contribution >= 4 is 12.0 Å². The Balaban J connectivity index is 2.31. The highest BCUT2D eigenvalue weighted by molar-refractivity contribution is 5.81. The Morgan fingerprint density at radius 2 is 1.95 bits per heavy atom. The predicted octanol–water partition coefficient (Wildman–Crippen LogP) is 1.10. The molecule has 0 aromatic carbocycles. The number of rotatable bonds is 5. The van der Waals surface area contributed by atoms with E-state index in [1.54, 1.807) is 11.8 Å². The molecule has 6 nitrogen and oxygen atoms in total. The summed E-state index contributed by atoms with van der Waals surface area (Å²) in [5, 5.41) is 2.97. The molecule has 0 radical (unpaired) electrons. The van der Waals surface area contributed by atoms with Crippen LogP contribution in [0.4, 0.5) is 4.79 Å². The van der Waals surface area contributed by atoms with E-state index < -0.39 is 6.04 Å². The first-order valence-corrected chi connectivity index (χ1v) is 7.41. The Hall–Kier alpha value is -1.30. The van der Waals surface area contributed by atoms with Crippen molar-refractivity contribution in [1.82, 2.24) is 10.2 Å². The second kappa shape index (κ2) is 8.09. The Kier molecular flexibility index (Phi) is 6.78. The zero-order valence-electron chi connectivity index (χ0n) is 12.7. The van der Waals surface area contributed by atoms with Gasteiger partial charge in [0.2, 0.25) is 5.91 Å². The Morgan fingerprint density at radius 3 is 2.45 bits per heavy atom. The maximum absolute atomic E-state index is 11.9. The van der Waals surface area contributed by atoms with E-state index in [0.29, 0.717) is 32.0 Å². The van der Waals surface area contributed by atoms with Gasteiger partial charge in [-0.1, -0.05) is 13.8 Å². The molecule has 3 N–H and O–H groups in total. The number of amides is 2. The van der Waals surface area contributed by atoms with Crippen LogP contribution >= 0.6 is 0 Å². The van der Waals surface area contributed by atoms with Crippen LogP contribution in [0.15, 0.2) is 0 Å². The van der Waals surface area contributed by atoms with E-state index in [1.165, 1.54) is 0 Å². The number of nitrogens with one attached hydrogen (secondary N) is 1. The summed E-state index contributed by atoms with van der Waals surface area (Å²) >= 11 is 0. The zero-order chi connectivity index (χ0) is 15.1. The average Bonchev–Trinajstić information content (AvgIpc) is 2.39. The first-order valence-electron chi connectivity index (χ1n) is 7.41. The van der Waals surface area contributed by atoms with E-state index in [2.05, 4.69) is 5.32 Å². The highest BCUT2D eigenvalue weighted by Gasteiger charge is 2.26. The molecule has 6 heteroatoms. The van der Waals surface area contributed by atoms with Crippen LogP contribution in [-0.2, 0) is 9.53 Å². The van der Waals surface area contributed by atoms with E-state index in [1.807, 2.05) is 13.8 Å². The molecule has 1 rings (SSSR count). The number of piperidine rings is 1. The fourth-order valence-electron chi connectivity index (χ4n) is 2.34. The van der Waals surface area contributed by atoms with Gasteiger partial charge in [-0.05, 0) is 32.1 Å². The quantitative estimate of drug-likeness (QED) is 0.792. The molecule has 1 fully saturated rings. The molecule has 2 amide bonds. The fourth-order valence-corrected chi connectivity index (χ4v) is 2.34. The van der Waals surface area contributed by atoms with E-state index in [0.717, 1.165) is 12.8 Å². The van der Waals surface area contributed by atoms with Gasteiger partial charge in [0, 0.05) is 19.1 Å². The van der Waals surface area contributed by atoms with Gasteiger partial charge in [-0.2, -0.15) is 0 Å². The lowest BCUT2D eigenvalue weighted by molar-refractivity contribution is -0.123. The normalized spacial score (nSPS) is 17.9. The summed E-state index contributed by atoms with van der Waals surface area (Å²) in [5.74, 6) is 0.315. The Bertz CT molecular complexity index is 326. The monoisotopic (exact) mass is 285 g/mol. The molecule has 1 heterocycles. The second-order valence-corrected chi connectivity index (χ2v) is 5.70. The van der Waals surface area contributed by atoms with Crippen molar-refractivity contribution < 1.29 is 14.3 Å². The molecule has 0 unspecified atom stereocenters. The maximum atomic E-state index is 11.9. The third-order valence-corrected chi connectivity index (χ3v) is 3.43. The molecule has 20 heavy (non-hydrogen) atoms. The van der Waals surface area contributed by atoms with Crippen LogP contribution in [0.5, 0.6) is 0 Å². The summed E-state index contributed by atoms with van der Waals surface area (Å²) in [4.78, 5) is 25.2. The largest absolute Gasteiger partial charge is 0.450 e. The van der Waals surface area contributed by atoms with E-state index >= 15 is 0 Å². The van der Waals surface area contributed by atoms with Crippen molar-refractivity contribution in [2.75, 3.05) is 19.7 Å². The van der Waals surface area contributed by atoms with Crippen molar-refractivity contribution in [3.05, 3.63) is 0 Å². The first kappa shape index (κ1) is 16.8. The smallest absolute Gasteiger partial charge is 0.409 e. The molecule has 1 aliphatic rings. The Labute approximate surface area is 121 Å². The van der Waals surface area contributed by atoms with E-state index in [-0.39, 0.29) is 18.0 Å². The number of nitrogens with two attached hydrogens (primary N) is 1. The van der Waals surface area contributed by atoms with Gasteiger partial charge in [0.1, 0.15) is 0 Å². The molecule has 116 valence electrons. The minimum absolute atomic E-state index is 0.0896. The minimum atomic E-state index is -0.446. The van der Waals surface area contributed by atoms with Gasteiger partial charge in [-0.25, -0.2) is 4.79 Å². The first-order chi connectivity index (χ1) is 9.43. The van der Waals surface area contributed by atoms with Gasteiger partial charge in [0.05, 0.1) is 12.6 Å². The highest BCUT2D eigenvalue weighted by Crippen LogP contribution is 2.12. The van der Waals surface area contributed by atoms with Crippen LogP contribution in [0.2, 0.25) is 0 Å². The number of carbonyl (C=O) groups excluding carboxylic acids is 2. The SMILES string of the molecule is CCOC(=O)N1CCC(NC(=O)[C@@H](N)CC(C)C)CC1. The molecule has 0 bridgehead atoms. The third kappa shape index (κ3) is 5.36. The predicted molar refractivity (Wildman–Crippen MR) is 77.2 cm³/mol. The number of hydrogen-bond donors (Lipinski definition) is 2. The summed E-state index contributed by atoms with van der Waals surface area (Å²) in [6, 6.07) is -0.343. The maximum Gasteiger partial charge on any atom is 0.409 e. The van der Waals surface area contributed by atoms with Gasteiger partial charge < -0.3 is 20.7 Å².